The molecule has 0 saturated carbocycles. The number of carbonyl (C=O) groups is 1. The highest BCUT2D eigenvalue weighted by atomic mass is 16.1. The van der Waals surface area contributed by atoms with Gasteiger partial charge in [0, 0.05) is 21.7 Å². The Labute approximate surface area is 111 Å². The first-order valence-corrected chi connectivity index (χ1v) is 5.34. The number of ketones is 1. The van der Waals surface area contributed by atoms with Gasteiger partial charge in [-0.3, -0.25) is 4.79 Å². The smallest absolute Gasteiger partial charge is 0.169 e. The third-order valence-corrected chi connectivity index (χ3v) is 2.57. The summed E-state index contributed by atoms with van der Waals surface area (Å²) in [6, 6.07) is 4.86. The topological polar surface area (TPSA) is 34.4 Å². The first-order chi connectivity index (χ1) is 10.8. The molecule has 2 rings (SSSR count). The summed E-state index contributed by atoms with van der Waals surface area (Å²) in [5, 5.41) is 4.26. The zero-order valence-corrected chi connectivity index (χ0v) is 9.69. The fraction of sp³-hybridized carbons (Fsp3) is 0.429. The average Bonchev–Trinajstić information content (AvgIpc) is 2.82. The minimum Gasteiger partial charge on any atom is -0.294 e. The maximum absolute atomic E-state index is 13.0. The van der Waals surface area contributed by atoms with Gasteiger partial charge in [-0.05, 0) is 18.1 Å². The highest BCUT2D eigenvalue weighted by Crippen LogP contribution is 2.25. The molecule has 0 unspecified atom stereocenters. The van der Waals surface area contributed by atoms with E-state index in [4.69, 9.17) is 9.60 Å². The fourth-order valence-electron chi connectivity index (χ4n) is 1.78. The van der Waals surface area contributed by atoms with Crippen LogP contribution in [-0.4, -0.2) is 15.4 Å². The summed E-state index contributed by atoms with van der Waals surface area (Å²) in [4.78, 5) is 13.0. The van der Waals surface area contributed by atoms with Crippen LogP contribution in [0, 0.1) is 5.89 Å². The van der Waals surface area contributed by atoms with Crippen molar-refractivity contribution in [1.29, 1.82) is 0 Å². The van der Waals surface area contributed by atoms with Crippen LogP contribution in [0.2, 0.25) is 0 Å². The summed E-state index contributed by atoms with van der Waals surface area (Å²) in [5.41, 5.74) is 0.445. The molecule has 2 heterocycles. The third-order valence-electron chi connectivity index (χ3n) is 2.57. The van der Waals surface area contributed by atoms with E-state index in [1.807, 2.05) is 0 Å². The monoisotopic (exact) mass is 237 g/mol. The summed E-state index contributed by atoms with van der Waals surface area (Å²) in [6.45, 7) is -3.11. The predicted molar refractivity (Wildman–Crippen MR) is 68.4 cm³/mol. The Bertz CT molecular complexity index is 760. The van der Waals surface area contributed by atoms with Gasteiger partial charge < -0.3 is 0 Å². The quantitative estimate of drug-likeness (QED) is 0.768. The molecule has 0 fully saturated rings. The Morgan fingerprint density at radius 3 is 2.88 bits per heavy atom. The molecule has 2 aromatic heterocycles. The average molecular weight is 237 g/mol. The highest BCUT2D eigenvalue weighted by molar-refractivity contribution is 6.04. The molecule has 0 aliphatic rings. The molecular weight excluding hydrogens is 212 g/mol. The lowest BCUT2D eigenvalue weighted by atomic mass is 9.95. The molecule has 0 saturated heterocycles. The summed E-state index contributed by atoms with van der Waals surface area (Å²) in [7, 11) is 0. The van der Waals surface area contributed by atoms with Crippen molar-refractivity contribution in [3.05, 3.63) is 35.7 Å². The summed E-state index contributed by atoms with van der Waals surface area (Å²) in [6.07, 6.45) is 1.58. The van der Waals surface area contributed by atoms with Crippen molar-refractivity contribution >= 4 is 11.3 Å². The van der Waals surface area contributed by atoms with Gasteiger partial charge in [0.05, 0.1) is 16.8 Å². The van der Waals surface area contributed by atoms with E-state index < -0.39 is 25.4 Å². The van der Waals surface area contributed by atoms with Gasteiger partial charge in [-0.2, -0.15) is 5.10 Å². The zero-order chi connectivity index (χ0) is 18.5. The second kappa shape index (κ2) is 4.32. The molecule has 0 radical (unpaired) electrons. The molecule has 0 aliphatic carbocycles. The van der Waals surface area contributed by atoms with Crippen LogP contribution < -0.4 is 0 Å². The number of hydrogen-bond donors (Lipinski definition) is 0. The molecule has 90 valence electrons. The van der Waals surface area contributed by atoms with Crippen LogP contribution in [0.1, 0.15) is 59.1 Å². The van der Waals surface area contributed by atoms with E-state index >= 15 is 0 Å². The Kier molecular flexibility index (Phi) is 1.47. The first kappa shape index (κ1) is 5.80. The Morgan fingerprint density at radius 1 is 1.47 bits per heavy atom. The first-order valence-electron chi connectivity index (χ1n) is 8.84. The number of aromatic nitrogens is 2. The van der Waals surface area contributed by atoms with Crippen LogP contribution in [0.25, 0.3) is 5.52 Å². The lowest BCUT2D eigenvalue weighted by Gasteiger charge is -2.07. The van der Waals surface area contributed by atoms with Gasteiger partial charge in [0.15, 0.2) is 5.78 Å². The van der Waals surface area contributed by atoms with Crippen LogP contribution in [0.15, 0.2) is 24.4 Å². The van der Waals surface area contributed by atoms with E-state index in [2.05, 4.69) is 5.10 Å². The van der Waals surface area contributed by atoms with E-state index in [0.29, 0.717) is 0 Å². The molecule has 0 N–H and O–H groups in total. The van der Waals surface area contributed by atoms with Crippen molar-refractivity contribution in [3.8, 4) is 0 Å². The van der Waals surface area contributed by atoms with Crippen molar-refractivity contribution in [2.75, 3.05) is 0 Å². The van der Waals surface area contributed by atoms with E-state index in [-0.39, 0.29) is 22.7 Å². The van der Waals surface area contributed by atoms with E-state index in [1.54, 1.807) is 38.2 Å². The molecule has 0 bridgehead atoms. The zero-order valence-electron chi connectivity index (χ0n) is 16.7. The molecule has 17 heavy (non-hydrogen) atoms. The number of hydrogen-bond acceptors (Lipinski definition) is 2. The van der Waals surface area contributed by atoms with E-state index in [1.165, 1.54) is 4.52 Å². The van der Waals surface area contributed by atoms with Crippen molar-refractivity contribution in [2.24, 2.45) is 5.89 Å². The molecular formula is C14H18N2O. The van der Waals surface area contributed by atoms with Gasteiger partial charge in [-0.15, -0.1) is 0 Å². The minimum absolute atomic E-state index is 0.118. The van der Waals surface area contributed by atoms with E-state index in [9.17, 15) is 4.79 Å². The van der Waals surface area contributed by atoms with Crippen molar-refractivity contribution < 1.29 is 14.4 Å². The normalized spacial score (nSPS) is 19.8. The maximum Gasteiger partial charge on any atom is 0.169 e. The highest BCUT2D eigenvalue weighted by Gasteiger charge is 2.22. The number of pyridine rings is 1. The molecule has 3 nitrogen and oxygen atoms in total. The molecule has 0 spiro atoms. The molecule has 2 aromatic rings. The van der Waals surface area contributed by atoms with Gasteiger partial charge in [-0.1, -0.05) is 33.6 Å². The van der Waals surface area contributed by atoms with E-state index in [0.717, 1.165) is 0 Å². The number of carbonyl (C=O) groups excluding carboxylic acids is 1. The number of rotatable bonds is 3. The van der Waals surface area contributed by atoms with Crippen molar-refractivity contribution in [3.63, 3.8) is 0 Å². The molecule has 0 amide bonds. The number of Topliss-reactive ketones (excluding diaryl/α,β-unsaturated/α-hetero) is 1. The lowest BCUT2D eigenvalue weighted by molar-refractivity contribution is 0.0939. The van der Waals surface area contributed by atoms with Gasteiger partial charge in [-0.25, -0.2) is 4.52 Å². The van der Waals surface area contributed by atoms with Crippen LogP contribution in [0.4, 0.5) is 0 Å². The lowest BCUT2D eigenvalue weighted by Crippen LogP contribution is -2.10. The Morgan fingerprint density at radius 2 is 2.24 bits per heavy atom. The molecule has 0 atom stereocenters. The predicted octanol–water partition coefficient (Wildman–Crippen LogP) is 3.30. The molecule has 0 aromatic carbocycles. The number of fused-ring (bicyclic) bond motifs is 1. The van der Waals surface area contributed by atoms with Gasteiger partial charge in [0.1, 0.15) is 0 Å². The summed E-state index contributed by atoms with van der Waals surface area (Å²) in [5.74, 6) is -4.77. The van der Waals surface area contributed by atoms with Crippen LogP contribution in [-0.2, 0) is 0 Å². The summed E-state index contributed by atoms with van der Waals surface area (Å²) >= 11 is 0. The van der Waals surface area contributed by atoms with Crippen LogP contribution >= 0.6 is 0 Å². The standard InChI is InChI=1S/C14H18N2O/c1-9(2)13-12(14(17)10(3)4)11-7-5-6-8-16(11)15-13/h5-10H,1-4H3/i3D3,4D3,10D. The Balaban J connectivity index is 2.81. The van der Waals surface area contributed by atoms with Crippen molar-refractivity contribution in [1.82, 2.24) is 9.61 Å². The largest absolute Gasteiger partial charge is 0.294 e. The van der Waals surface area contributed by atoms with Gasteiger partial charge in [0.25, 0.3) is 0 Å². The third kappa shape index (κ3) is 1.97. The number of nitrogens with zero attached hydrogens (tertiary/aromatic N) is 2. The van der Waals surface area contributed by atoms with Gasteiger partial charge >= 0.3 is 0 Å². The maximum atomic E-state index is 13.0. The molecule has 3 heteroatoms. The summed E-state index contributed by atoms with van der Waals surface area (Å²) < 4.78 is 54.5. The fourth-order valence-corrected chi connectivity index (χ4v) is 1.78. The SMILES string of the molecule is [2H]C([2H])([2H])C([2H])(C(=O)c1c(C(C)C)nn2ccccc12)C([2H])([2H])[2H]. The van der Waals surface area contributed by atoms with Crippen LogP contribution in [0.3, 0.4) is 0 Å². The van der Waals surface area contributed by atoms with Crippen LogP contribution in [0.5, 0.6) is 0 Å². The second-order valence-electron chi connectivity index (χ2n) is 4.15. The Hall–Kier alpha value is -1.64. The van der Waals surface area contributed by atoms with Gasteiger partial charge in [0.2, 0.25) is 0 Å². The minimum atomic E-state index is -3.31. The van der Waals surface area contributed by atoms with Crippen molar-refractivity contribution in [2.45, 2.75) is 33.5 Å². The molecule has 0 aliphatic heterocycles. The second-order valence-corrected chi connectivity index (χ2v) is 4.15.